The van der Waals surface area contributed by atoms with Gasteiger partial charge < -0.3 is 0 Å². The standard InChI is InChI=1S/C9H10N4/c1-4-7-8-9(12-5(2)10-7)13-6(3)11-8/h4H,1H2,2-3H3,(H,10,11,12,13)/p+1. The van der Waals surface area contributed by atoms with Crippen molar-refractivity contribution in [1.29, 1.82) is 0 Å². The number of nitrogens with zero attached hydrogens (tertiary/aromatic N) is 2. The number of aryl methyl sites for hydroxylation is 2. The molecule has 4 nitrogen and oxygen atoms in total. The van der Waals surface area contributed by atoms with Crippen LogP contribution >= 0.6 is 0 Å². The minimum Gasteiger partial charge on any atom is -0.270 e. The molecule has 0 bridgehead atoms. The molecule has 2 aromatic rings. The molecular weight excluding hydrogens is 164 g/mol. The van der Waals surface area contributed by atoms with Crippen molar-refractivity contribution in [3.63, 3.8) is 0 Å². The summed E-state index contributed by atoms with van der Waals surface area (Å²) in [5.41, 5.74) is 2.59. The van der Waals surface area contributed by atoms with E-state index >= 15 is 0 Å². The number of hydrogen-bond donors (Lipinski definition) is 1. The highest BCUT2D eigenvalue weighted by Gasteiger charge is 2.12. The molecule has 2 rings (SSSR count). The van der Waals surface area contributed by atoms with Gasteiger partial charge in [-0.1, -0.05) is 11.6 Å². The molecule has 0 aromatic carbocycles. The van der Waals surface area contributed by atoms with Crippen LogP contribution in [-0.2, 0) is 0 Å². The molecule has 2 aromatic heterocycles. The Morgan fingerprint density at radius 2 is 2.15 bits per heavy atom. The van der Waals surface area contributed by atoms with Gasteiger partial charge in [-0.15, -0.1) is 0 Å². The Balaban J connectivity index is 2.88. The zero-order chi connectivity index (χ0) is 9.42. The molecule has 0 amide bonds. The Morgan fingerprint density at radius 3 is 2.85 bits per heavy atom. The van der Waals surface area contributed by atoms with Crippen LogP contribution in [0.3, 0.4) is 0 Å². The Kier molecular flexibility index (Phi) is 1.62. The summed E-state index contributed by atoms with van der Waals surface area (Å²) in [5, 5.41) is 0. The second-order valence-corrected chi connectivity index (χ2v) is 2.96. The van der Waals surface area contributed by atoms with E-state index in [9.17, 15) is 0 Å². The lowest BCUT2D eigenvalue weighted by atomic mass is 10.3. The summed E-state index contributed by atoms with van der Waals surface area (Å²) in [6.07, 6.45) is 1.72. The van der Waals surface area contributed by atoms with E-state index in [1.807, 2.05) is 13.8 Å². The maximum atomic E-state index is 4.26. The van der Waals surface area contributed by atoms with Gasteiger partial charge >= 0.3 is 5.65 Å². The van der Waals surface area contributed by atoms with Crippen molar-refractivity contribution in [2.75, 3.05) is 0 Å². The van der Waals surface area contributed by atoms with Crippen molar-refractivity contribution >= 4 is 17.2 Å². The van der Waals surface area contributed by atoms with Crippen molar-refractivity contribution in [2.45, 2.75) is 13.8 Å². The zero-order valence-corrected chi connectivity index (χ0v) is 7.68. The Bertz CT molecular complexity index is 470. The van der Waals surface area contributed by atoms with E-state index in [0.717, 1.165) is 28.5 Å². The summed E-state index contributed by atoms with van der Waals surface area (Å²) in [4.78, 5) is 14.8. The summed E-state index contributed by atoms with van der Waals surface area (Å²) in [6.45, 7) is 7.52. The van der Waals surface area contributed by atoms with Crippen LogP contribution in [0.1, 0.15) is 17.3 Å². The lowest BCUT2D eigenvalue weighted by Crippen LogP contribution is -2.04. The molecule has 0 aliphatic rings. The van der Waals surface area contributed by atoms with Crippen molar-refractivity contribution in [2.24, 2.45) is 0 Å². The highest BCUT2D eigenvalue weighted by atomic mass is 15.0. The Hall–Kier alpha value is -1.71. The molecule has 0 saturated heterocycles. The van der Waals surface area contributed by atoms with E-state index in [4.69, 9.17) is 0 Å². The Morgan fingerprint density at radius 1 is 1.38 bits per heavy atom. The van der Waals surface area contributed by atoms with Crippen LogP contribution in [0, 0.1) is 13.8 Å². The molecule has 2 N–H and O–H groups in total. The fraction of sp³-hybridized carbons (Fsp3) is 0.222. The fourth-order valence-corrected chi connectivity index (χ4v) is 1.35. The quantitative estimate of drug-likeness (QED) is 0.703. The highest BCUT2D eigenvalue weighted by molar-refractivity contribution is 5.76. The summed E-state index contributed by atoms with van der Waals surface area (Å²) in [7, 11) is 0. The molecule has 0 unspecified atom stereocenters. The first-order valence-corrected chi connectivity index (χ1v) is 4.09. The average molecular weight is 175 g/mol. The SMILES string of the molecule is C=Cc1nc(C)nc2[nH+]c(C)[nH]c12. The second-order valence-electron chi connectivity index (χ2n) is 2.96. The lowest BCUT2D eigenvalue weighted by Gasteiger charge is -1.89. The third-order valence-electron chi connectivity index (χ3n) is 1.86. The molecule has 0 aliphatic carbocycles. The van der Waals surface area contributed by atoms with Gasteiger partial charge in [-0.25, -0.2) is 9.97 Å². The number of hydrogen-bond acceptors (Lipinski definition) is 2. The first-order chi connectivity index (χ1) is 6.20. The summed E-state index contributed by atoms with van der Waals surface area (Å²) in [5.74, 6) is 1.72. The van der Waals surface area contributed by atoms with Gasteiger partial charge in [0, 0.05) is 13.8 Å². The lowest BCUT2D eigenvalue weighted by molar-refractivity contribution is -0.357. The van der Waals surface area contributed by atoms with Crippen molar-refractivity contribution < 1.29 is 4.98 Å². The van der Waals surface area contributed by atoms with E-state index in [0.29, 0.717) is 0 Å². The van der Waals surface area contributed by atoms with Gasteiger partial charge in [0.05, 0.1) is 0 Å². The molecule has 0 fully saturated rings. The number of imidazole rings is 1. The van der Waals surface area contributed by atoms with Gasteiger partial charge in [-0.2, -0.15) is 0 Å². The van der Waals surface area contributed by atoms with Crippen LogP contribution in [0.4, 0.5) is 0 Å². The fourth-order valence-electron chi connectivity index (χ4n) is 1.35. The normalized spacial score (nSPS) is 10.6. The van der Waals surface area contributed by atoms with Crippen molar-refractivity contribution in [3.8, 4) is 0 Å². The first-order valence-electron chi connectivity index (χ1n) is 4.09. The third kappa shape index (κ3) is 1.20. The summed E-state index contributed by atoms with van der Waals surface area (Å²) in [6, 6.07) is 0. The summed E-state index contributed by atoms with van der Waals surface area (Å²) >= 11 is 0. The smallest absolute Gasteiger partial charge is 0.270 e. The first kappa shape index (κ1) is 7.91. The molecule has 13 heavy (non-hydrogen) atoms. The molecule has 0 spiro atoms. The number of H-pyrrole nitrogens is 2. The molecule has 0 saturated carbocycles. The van der Waals surface area contributed by atoms with E-state index in [2.05, 4.69) is 26.5 Å². The maximum absolute atomic E-state index is 4.26. The Labute approximate surface area is 75.8 Å². The monoisotopic (exact) mass is 175 g/mol. The number of fused-ring (bicyclic) bond motifs is 1. The molecule has 0 atom stereocenters. The van der Waals surface area contributed by atoms with Crippen molar-refractivity contribution in [3.05, 3.63) is 23.9 Å². The van der Waals surface area contributed by atoms with Gasteiger partial charge in [-0.3, -0.25) is 4.98 Å². The number of aromatic nitrogens is 4. The van der Waals surface area contributed by atoms with Gasteiger partial charge in [0.15, 0.2) is 11.3 Å². The number of aromatic amines is 2. The van der Waals surface area contributed by atoms with E-state index in [1.165, 1.54) is 0 Å². The minimum atomic E-state index is 0.748. The molecule has 4 heteroatoms. The van der Waals surface area contributed by atoms with E-state index in [1.54, 1.807) is 6.08 Å². The minimum absolute atomic E-state index is 0.748. The van der Waals surface area contributed by atoms with E-state index < -0.39 is 0 Å². The molecule has 0 aliphatic heterocycles. The number of rotatable bonds is 1. The molecular formula is C9H11N4+. The van der Waals surface area contributed by atoms with Crippen LogP contribution in [0.25, 0.3) is 17.2 Å². The average Bonchev–Trinajstić information content (AvgIpc) is 2.43. The van der Waals surface area contributed by atoms with Crippen LogP contribution in [0.2, 0.25) is 0 Å². The molecule has 66 valence electrons. The van der Waals surface area contributed by atoms with Gasteiger partial charge in [-0.05, 0) is 6.08 Å². The van der Waals surface area contributed by atoms with Crippen molar-refractivity contribution in [1.82, 2.24) is 15.0 Å². The summed E-state index contributed by atoms with van der Waals surface area (Å²) < 4.78 is 0. The third-order valence-corrected chi connectivity index (χ3v) is 1.86. The van der Waals surface area contributed by atoms with Gasteiger partial charge in [0.25, 0.3) is 0 Å². The highest BCUT2D eigenvalue weighted by Crippen LogP contribution is 2.10. The zero-order valence-electron chi connectivity index (χ0n) is 7.68. The topological polar surface area (TPSA) is 55.7 Å². The molecule has 0 radical (unpaired) electrons. The second kappa shape index (κ2) is 2.65. The molecule has 2 heterocycles. The number of nitrogens with one attached hydrogen (secondary N) is 2. The predicted octanol–water partition coefficient (Wildman–Crippen LogP) is 1.03. The van der Waals surface area contributed by atoms with Crippen LogP contribution in [0.15, 0.2) is 6.58 Å². The van der Waals surface area contributed by atoms with E-state index in [-0.39, 0.29) is 0 Å². The van der Waals surface area contributed by atoms with Gasteiger partial charge in [0.2, 0.25) is 5.82 Å². The largest absolute Gasteiger partial charge is 0.303 e. The van der Waals surface area contributed by atoms with Gasteiger partial charge in [0.1, 0.15) is 5.69 Å². The van der Waals surface area contributed by atoms with Crippen LogP contribution in [-0.4, -0.2) is 15.0 Å². The maximum Gasteiger partial charge on any atom is 0.303 e. The van der Waals surface area contributed by atoms with Crippen LogP contribution < -0.4 is 4.98 Å². The van der Waals surface area contributed by atoms with Crippen LogP contribution in [0.5, 0.6) is 0 Å². The predicted molar refractivity (Wildman–Crippen MR) is 50.0 cm³/mol.